The average Bonchev–Trinajstić information content (AvgIpc) is 3.66. The van der Waals surface area contributed by atoms with Crippen molar-refractivity contribution in [3.63, 3.8) is 0 Å². The van der Waals surface area contributed by atoms with Crippen molar-refractivity contribution < 1.29 is 4.74 Å². The van der Waals surface area contributed by atoms with Crippen LogP contribution < -0.4 is 14.5 Å². The second-order valence-corrected chi connectivity index (χ2v) is 16.4. The standard InChI is InChI=1S/C61H42N2O/c1-5-20-43(21-6-1)45-24-17-30-49(40-45)62(47-26-9-3-10-27-47)51-38-39-52-56(42-51)61(53-32-13-15-36-58(53)64-59-37-16-14-33-54(59)61)55-34-19-35-57(60(52)55)63(48-28-11-4-12-29-48)50-31-18-25-46(41-50)44-22-7-2-8-23-44/h1-42H. The molecule has 0 aromatic heterocycles. The molecule has 0 amide bonds. The minimum atomic E-state index is -0.704. The first-order chi connectivity index (χ1) is 31.8. The number of nitrogens with zero attached hydrogens (tertiary/aromatic N) is 2. The summed E-state index contributed by atoms with van der Waals surface area (Å²) in [5, 5.41) is 0. The maximum atomic E-state index is 6.82. The lowest BCUT2D eigenvalue weighted by Gasteiger charge is -2.40. The lowest BCUT2D eigenvalue weighted by atomic mass is 9.66. The van der Waals surface area contributed by atoms with E-state index < -0.39 is 5.41 Å². The molecule has 64 heavy (non-hydrogen) atoms. The van der Waals surface area contributed by atoms with Gasteiger partial charge in [-0.1, -0.05) is 176 Å². The molecule has 1 spiro atoms. The van der Waals surface area contributed by atoms with E-state index in [-0.39, 0.29) is 0 Å². The van der Waals surface area contributed by atoms with Gasteiger partial charge in [0, 0.05) is 45.1 Å². The van der Waals surface area contributed by atoms with Crippen LogP contribution in [0.2, 0.25) is 0 Å². The van der Waals surface area contributed by atoms with Crippen LogP contribution >= 0.6 is 0 Å². The monoisotopic (exact) mass is 818 g/mol. The summed E-state index contributed by atoms with van der Waals surface area (Å²) in [6.07, 6.45) is 0. The van der Waals surface area contributed by atoms with Crippen molar-refractivity contribution in [1.29, 1.82) is 0 Å². The Morgan fingerprint density at radius 3 is 1.28 bits per heavy atom. The van der Waals surface area contributed by atoms with Crippen LogP contribution in [0.5, 0.6) is 11.5 Å². The number of hydrogen-bond acceptors (Lipinski definition) is 3. The number of rotatable bonds is 8. The molecule has 0 fully saturated rings. The van der Waals surface area contributed by atoms with Gasteiger partial charge in [-0.15, -0.1) is 0 Å². The second kappa shape index (κ2) is 15.5. The quantitative estimate of drug-likeness (QED) is 0.152. The fourth-order valence-electron chi connectivity index (χ4n) is 10.2. The van der Waals surface area contributed by atoms with E-state index in [0.29, 0.717) is 0 Å². The maximum absolute atomic E-state index is 6.82. The van der Waals surface area contributed by atoms with Crippen molar-refractivity contribution in [3.8, 4) is 44.9 Å². The Hall–Kier alpha value is -8.40. The van der Waals surface area contributed by atoms with E-state index >= 15 is 0 Å². The molecule has 3 heteroatoms. The van der Waals surface area contributed by atoms with Crippen molar-refractivity contribution in [2.24, 2.45) is 0 Å². The molecule has 0 unspecified atom stereocenters. The summed E-state index contributed by atoms with van der Waals surface area (Å²) in [4.78, 5) is 4.83. The summed E-state index contributed by atoms with van der Waals surface area (Å²) in [5.74, 6) is 1.73. The van der Waals surface area contributed by atoms with Crippen LogP contribution in [-0.4, -0.2) is 0 Å². The minimum absolute atomic E-state index is 0.704. The highest BCUT2D eigenvalue weighted by atomic mass is 16.5. The summed E-state index contributed by atoms with van der Waals surface area (Å²) in [6, 6.07) is 91.8. The van der Waals surface area contributed by atoms with Crippen LogP contribution in [0.3, 0.4) is 0 Å². The lowest BCUT2D eigenvalue weighted by Crippen LogP contribution is -2.32. The van der Waals surface area contributed by atoms with Crippen molar-refractivity contribution >= 4 is 34.1 Å². The van der Waals surface area contributed by atoms with Gasteiger partial charge in [-0.05, 0) is 118 Å². The summed E-state index contributed by atoms with van der Waals surface area (Å²) in [6.45, 7) is 0. The smallest absolute Gasteiger partial charge is 0.132 e. The molecular weight excluding hydrogens is 777 g/mol. The Kier molecular flexibility index (Phi) is 9.05. The molecular formula is C61H42N2O. The molecule has 0 atom stereocenters. The second-order valence-electron chi connectivity index (χ2n) is 16.4. The van der Waals surface area contributed by atoms with Crippen molar-refractivity contribution in [1.82, 2.24) is 0 Å². The van der Waals surface area contributed by atoms with Crippen molar-refractivity contribution in [3.05, 3.63) is 277 Å². The fraction of sp³-hybridized carbons (Fsp3) is 0.0164. The first-order valence-electron chi connectivity index (χ1n) is 21.9. The molecule has 0 saturated carbocycles. The molecule has 302 valence electrons. The zero-order chi connectivity index (χ0) is 42.5. The van der Waals surface area contributed by atoms with Crippen LogP contribution in [0, 0.1) is 0 Å². The van der Waals surface area contributed by atoms with E-state index in [1.165, 1.54) is 38.9 Å². The average molecular weight is 819 g/mol. The number of fused-ring (bicyclic) bond motifs is 9. The molecule has 0 saturated heterocycles. The molecule has 0 radical (unpaired) electrons. The Bertz CT molecular complexity index is 3260. The number of ether oxygens (including phenoxy) is 1. The summed E-state index contributed by atoms with van der Waals surface area (Å²) < 4.78 is 6.82. The van der Waals surface area contributed by atoms with Gasteiger partial charge in [0.15, 0.2) is 0 Å². The largest absolute Gasteiger partial charge is 0.457 e. The third-order valence-corrected chi connectivity index (χ3v) is 12.9. The van der Waals surface area contributed by atoms with Gasteiger partial charge in [-0.2, -0.15) is 0 Å². The Labute approximate surface area is 374 Å². The zero-order valence-electron chi connectivity index (χ0n) is 35.1. The Balaban J connectivity index is 1.14. The number of anilines is 6. The van der Waals surface area contributed by atoms with E-state index in [9.17, 15) is 0 Å². The van der Waals surface area contributed by atoms with Crippen LogP contribution in [0.25, 0.3) is 33.4 Å². The van der Waals surface area contributed by atoms with Crippen LogP contribution in [-0.2, 0) is 5.41 Å². The summed E-state index contributed by atoms with van der Waals surface area (Å²) >= 11 is 0. The molecule has 1 aliphatic heterocycles. The number of para-hydroxylation sites is 4. The topological polar surface area (TPSA) is 15.7 Å². The molecule has 1 aliphatic carbocycles. The first-order valence-corrected chi connectivity index (χ1v) is 21.9. The van der Waals surface area contributed by atoms with E-state index in [2.05, 4.69) is 265 Å². The summed E-state index contributed by atoms with van der Waals surface area (Å²) in [7, 11) is 0. The number of benzene rings is 10. The highest BCUT2D eigenvalue weighted by molar-refractivity contribution is 5.99. The third-order valence-electron chi connectivity index (χ3n) is 12.9. The Morgan fingerprint density at radius 1 is 0.281 bits per heavy atom. The van der Waals surface area contributed by atoms with Gasteiger partial charge in [-0.3, -0.25) is 0 Å². The molecule has 1 heterocycles. The molecule has 2 aliphatic rings. The SMILES string of the molecule is c1ccc(-c2cccc(N(c3ccccc3)c3ccc4c(c3)C3(c5ccccc5Oc5ccccc53)c3cccc(N(c5ccccc5)c5cccc(-c6ccccc6)c5)c3-4)c2)cc1. The van der Waals surface area contributed by atoms with Gasteiger partial charge in [0.05, 0.1) is 11.1 Å². The van der Waals surface area contributed by atoms with Gasteiger partial charge in [0.1, 0.15) is 11.5 Å². The van der Waals surface area contributed by atoms with Gasteiger partial charge in [0.25, 0.3) is 0 Å². The molecule has 0 bridgehead atoms. The van der Waals surface area contributed by atoms with E-state index in [0.717, 1.165) is 62.3 Å². The predicted molar refractivity (Wildman–Crippen MR) is 264 cm³/mol. The van der Waals surface area contributed by atoms with Crippen LogP contribution in [0.15, 0.2) is 255 Å². The van der Waals surface area contributed by atoms with E-state index in [1.54, 1.807) is 0 Å². The number of hydrogen-bond donors (Lipinski definition) is 0. The van der Waals surface area contributed by atoms with Crippen molar-refractivity contribution in [2.45, 2.75) is 5.41 Å². The Morgan fingerprint density at radius 2 is 0.703 bits per heavy atom. The molecule has 0 N–H and O–H groups in total. The molecule has 12 rings (SSSR count). The molecule has 10 aromatic carbocycles. The highest BCUT2D eigenvalue weighted by Crippen LogP contribution is 2.64. The normalized spacial score (nSPS) is 12.6. The van der Waals surface area contributed by atoms with E-state index in [1.807, 2.05) is 0 Å². The highest BCUT2D eigenvalue weighted by Gasteiger charge is 2.52. The zero-order valence-corrected chi connectivity index (χ0v) is 35.1. The molecule has 3 nitrogen and oxygen atoms in total. The maximum Gasteiger partial charge on any atom is 0.132 e. The van der Waals surface area contributed by atoms with Crippen molar-refractivity contribution in [2.75, 3.05) is 9.80 Å². The van der Waals surface area contributed by atoms with Crippen LogP contribution in [0.1, 0.15) is 22.3 Å². The summed E-state index contributed by atoms with van der Waals surface area (Å²) in [5.41, 5.74) is 17.6. The third kappa shape index (κ3) is 6.05. The van der Waals surface area contributed by atoms with Gasteiger partial charge < -0.3 is 14.5 Å². The van der Waals surface area contributed by atoms with Gasteiger partial charge in [-0.25, -0.2) is 0 Å². The minimum Gasteiger partial charge on any atom is -0.457 e. The van der Waals surface area contributed by atoms with Crippen LogP contribution in [0.4, 0.5) is 34.1 Å². The van der Waals surface area contributed by atoms with E-state index in [4.69, 9.17) is 4.74 Å². The van der Waals surface area contributed by atoms with Gasteiger partial charge >= 0.3 is 0 Å². The molecule has 10 aromatic rings. The fourth-order valence-corrected chi connectivity index (χ4v) is 10.2. The first kappa shape index (κ1) is 37.4. The lowest BCUT2D eigenvalue weighted by molar-refractivity contribution is 0.436. The van der Waals surface area contributed by atoms with Gasteiger partial charge in [0.2, 0.25) is 0 Å². The predicted octanol–water partition coefficient (Wildman–Crippen LogP) is 16.4.